The van der Waals surface area contributed by atoms with Crippen LogP contribution in [0.2, 0.25) is 0 Å². The van der Waals surface area contributed by atoms with Crippen LogP contribution in [-0.4, -0.2) is 47.6 Å². The number of hydrogen-bond acceptors (Lipinski definition) is 4. The van der Waals surface area contributed by atoms with Crippen molar-refractivity contribution in [1.82, 2.24) is 4.90 Å². The molecule has 0 spiro atoms. The van der Waals surface area contributed by atoms with Gasteiger partial charge in [0, 0.05) is 6.04 Å². The molecule has 4 N–H and O–H groups in total. The number of benzene rings is 1. The smallest absolute Gasteiger partial charge is 0.250 e. The fourth-order valence-corrected chi connectivity index (χ4v) is 2.76. The average Bonchev–Trinajstić information content (AvgIpc) is 2.79. The summed E-state index contributed by atoms with van der Waals surface area (Å²) in [6, 6.07) is 6.67. The Morgan fingerprint density at radius 1 is 1.43 bits per heavy atom. The van der Waals surface area contributed by atoms with Crippen LogP contribution in [0.25, 0.3) is 0 Å². The van der Waals surface area contributed by atoms with Crippen LogP contribution in [-0.2, 0) is 4.79 Å². The number of aliphatic hydroxyl groups is 1. The Morgan fingerprint density at radius 3 is 2.81 bits per heavy atom. The lowest BCUT2D eigenvalue weighted by atomic mass is 10.0. The van der Waals surface area contributed by atoms with E-state index in [1.54, 1.807) is 24.3 Å². The number of anilines is 1. The Bertz CT molecular complexity index is 533. The van der Waals surface area contributed by atoms with Crippen molar-refractivity contribution in [2.75, 3.05) is 25.0 Å². The lowest BCUT2D eigenvalue weighted by Crippen LogP contribution is -2.40. The Hall–Kier alpha value is -1.92. The molecule has 6 heteroatoms. The first-order chi connectivity index (χ1) is 10.0. The summed E-state index contributed by atoms with van der Waals surface area (Å²) in [5, 5.41) is 12.1. The van der Waals surface area contributed by atoms with Gasteiger partial charge in [0.15, 0.2) is 0 Å². The van der Waals surface area contributed by atoms with Crippen molar-refractivity contribution < 1.29 is 14.7 Å². The van der Waals surface area contributed by atoms with Gasteiger partial charge in [0.05, 0.1) is 24.4 Å². The third-order valence-electron chi connectivity index (χ3n) is 4.00. The maximum absolute atomic E-state index is 12.1. The van der Waals surface area contributed by atoms with Crippen molar-refractivity contribution in [1.29, 1.82) is 0 Å². The van der Waals surface area contributed by atoms with E-state index in [-0.39, 0.29) is 25.1 Å². The number of carbonyl (C=O) groups excluding carboxylic acids is 2. The van der Waals surface area contributed by atoms with Gasteiger partial charge in [-0.25, -0.2) is 0 Å². The van der Waals surface area contributed by atoms with Crippen LogP contribution in [0.1, 0.15) is 23.7 Å². The molecule has 6 nitrogen and oxygen atoms in total. The zero-order valence-corrected chi connectivity index (χ0v) is 12.1. The summed E-state index contributed by atoms with van der Waals surface area (Å²) in [5.74, 6) is -0.411. The van der Waals surface area contributed by atoms with Gasteiger partial charge in [-0.15, -0.1) is 0 Å². The molecule has 0 radical (unpaired) electrons. The van der Waals surface area contributed by atoms with Crippen molar-refractivity contribution >= 4 is 17.5 Å². The van der Waals surface area contributed by atoms with Gasteiger partial charge in [-0.3, -0.25) is 14.5 Å². The van der Waals surface area contributed by atoms with Gasteiger partial charge in [0.1, 0.15) is 0 Å². The molecule has 1 aliphatic heterocycles. The molecule has 1 heterocycles. The highest BCUT2D eigenvalue weighted by Crippen LogP contribution is 2.23. The summed E-state index contributed by atoms with van der Waals surface area (Å²) in [7, 11) is 0. The summed E-state index contributed by atoms with van der Waals surface area (Å²) in [6.45, 7) is 3.10. The Morgan fingerprint density at radius 2 is 2.14 bits per heavy atom. The van der Waals surface area contributed by atoms with Crippen LogP contribution >= 0.6 is 0 Å². The molecule has 2 atom stereocenters. The number of likely N-dealkylation sites (tertiary alicyclic amines) is 1. The molecule has 0 bridgehead atoms. The lowest BCUT2D eigenvalue weighted by Gasteiger charge is -2.24. The highest BCUT2D eigenvalue weighted by molar-refractivity contribution is 6.03. The minimum Gasteiger partial charge on any atom is -0.395 e. The van der Waals surface area contributed by atoms with E-state index in [1.165, 1.54) is 0 Å². The molecule has 1 aromatic rings. The summed E-state index contributed by atoms with van der Waals surface area (Å²) in [4.78, 5) is 25.4. The Balaban J connectivity index is 2.01. The number of para-hydroxylation sites is 1. The molecule has 1 fully saturated rings. The summed E-state index contributed by atoms with van der Waals surface area (Å²) >= 11 is 0. The zero-order chi connectivity index (χ0) is 15.4. The van der Waals surface area contributed by atoms with Crippen LogP contribution in [0.4, 0.5) is 5.69 Å². The first-order valence-electron chi connectivity index (χ1n) is 7.06. The van der Waals surface area contributed by atoms with Gasteiger partial charge in [0.25, 0.3) is 5.91 Å². The summed E-state index contributed by atoms with van der Waals surface area (Å²) in [6.07, 6.45) is 0.969. The van der Waals surface area contributed by atoms with Crippen molar-refractivity contribution in [2.24, 2.45) is 11.7 Å². The monoisotopic (exact) mass is 291 g/mol. The second kappa shape index (κ2) is 6.69. The van der Waals surface area contributed by atoms with Crippen LogP contribution < -0.4 is 11.1 Å². The Kier molecular flexibility index (Phi) is 4.93. The van der Waals surface area contributed by atoms with E-state index in [9.17, 15) is 14.7 Å². The second-order valence-corrected chi connectivity index (χ2v) is 5.44. The quantitative estimate of drug-likeness (QED) is 0.733. The number of aliphatic hydroxyl groups excluding tert-OH is 1. The van der Waals surface area contributed by atoms with Gasteiger partial charge in [-0.1, -0.05) is 19.1 Å². The van der Waals surface area contributed by atoms with Crippen LogP contribution in [0.15, 0.2) is 24.3 Å². The highest BCUT2D eigenvalue weighted by Gasteiger charge is 2.31. The molecular formula is C15H21N3O3. The number of nitrogens with two attached hydrogens (primary N) is 1. The first-order valence-corrected chi connectivity index (χ1v) is 7.06. The fourth-order valence-electron chi connectivity index (χ4n) is 2.76. The van der Waals surface area contributed by atoms with E-state index in [4.69, 9.17) is 5.73 Å². The summed E-state index contributed by atoms with van der Waals surface area (Å²) < 4.78 is 0. The van der Waals surface area contributed by atoms with Crippen LogP contribution in [0, 0.1) is 5.92 Å². The number of nitrogens with one attached hydrogen (secondary N) is 1. The molecule has 1 saturated heterocycles. The van der Waals surface area contributed by atoms with Gasteiger partial charge < -0.3 is 16.2 Å². The van der Waals surface area contributed by atoms with E-state index >= 15 is 0 Å². The van der Waals surface area contributed by atoms with E-state index < -0.39 is 5.91 Å². The van der Waals surface area contributed by atoms with Crippen LogP contribution in [0.3, 0.4) is 0 Å². The molecule has 0 saturated carbocycles. The van der Waals surface area contributed by atoms with Gasteiger partial charge in [0.2, 0.25) is 5.91 Å². The van der Waals surface area contributed by atoms with Crippen molar-refractivity contribution in [3.05, 3.63) is 29.8 Å². The number of amides is 2. The van der Waals surface area contributed by atoms with E-state index in [1.807, 2.05) is 4.90 Å². The number of primary amides is 1. The Labute approximate surface area is 123 Å². The zero-order valence-electron chi connectivity index (χ0n) is 12.1. The van der Waals surface area contributed by atoms with E-state index in [2.05, 4.69) is 12.2 Å². The molecule has 1 aromatic carbocycles. The maximum Gasteiger partial charge on any atom is 0.250 e. The number of nitrogens with zero attached hydrogens (tertiary/aromatic N) is 1. The molecule has 2 unspecified atom stereocenters. The highest BCUT2D eigenvalue weighted by atomic mass is 16.3. The molecule has 21 heavy (non-hydrogen) atoms. The van der Waals surface area contributed by atoms with Gasteiger partial charge in [-0.05, 0) is 31.0 Å². The van der Waals surface area contributed by atoms with E-state index in [0.717, 1.165) is 13.0 Å². The number of hydrogen-bond donors (Lipinski definition) is 3. The van der Waals surface area contributed by atoms with Crippen molar-refractivity contribution in [2.45, 2.75) is 19.4 Å². The topological polar surface area (TPSA) is 95.7 Å². The lowest BCUT2D eigenvalue weighted by molar-refractivity contribution is -0.117. The molecule has 0 aliphatic carbocycles. The molecular weight excluding hydrogens is 270 g/mol. The molecule has 2 amide bonds. The molecule has 0 aromatic heterocycles. The minimum atomic E-state index is -0.575. The molecule has 114 valence electrons. The predicted molar refractivity (Wildman–Crippen MR) is 79.8 cm³/mol. The average molecular weight is 291 g/mol. The first kappa shape index (κ1) is 15.5. The molecule has 2 rings (SSSR count). The van der Waals surface area contributed by atoms with Gasteiger partial charge in [-0.2, -0.15) is 0 Å². The SMILES string of the molecule is CC1CCN(CC(=O)Nc2ccccc2C(N)=O)C1CO. The van der Waals surface area contributed by atoms with E-state index in [0.29, 0.717) is 17.2 Å². The molecule has 1 aliphatic rings. The largest absolute Gasteiger partial charge is 0.395 e. The number of carbonyl (C=O) groups is 2. The maximum atomic E-state index is 12.1. The standard InChI is InChI=1S/C15H21N3O3/c1-10-6-7-18(13(10)9-19)8-14(20)17-12-5-3-2-4-11(12)15(16)21/h2-5,10,13,19H,6-9H2,1H3,(H2,16,21)(H,17,20). The van der Waals surface area contributed by atoms with Gasteiger partial charge >= 0.3 is 0 Å². The van der Waals surface area contributed by atoms with Crippen LogP contribution in [0.5, 0.6) is 0 Å². The second-order valence-electron chi connectivity index (χ2n) is 5.44. The van der Waals surface area contributed by atoms with Crippen molar-refractivity contribution in [3.8, 4) is 0 Å². The predicted octanol–water partition coefficient (Wildman–Crippen LogP) is 0.427. The normalized spacial score (nSPS) is 22.2. The minimum absolute atomic E-state index is 0.0159. The third kappa shape index (κ3) is 3.59. The van der Waals surface area contributed by atoms with Crippen molar-refractivity contribution in [3.63, 3.8) is 0 Å². The fraction of sp³-hybridized carbons (Fsp3) is 0.467. The third-order valence-corrected chi connectivity index (χ3v) is 4.00. The number of rotatable bonds is 5. The summed E-state index contributed by atoms with van der Waals surface area (Å²) in [5.41, 5.74) is 5.99.